The van der Waals surface area contributed by atoms with Crippen LogP contribution >= 0.6 is 0 Å². The summed E-state index contributed by atoms with van der Waals surface area (Å²) in [5.74, 6) is -0.635. The fraction of sp³-hybridized carbons (Fsp3) is 0.263. The molecule has 0 N–H and O–H groups in total. The number of hydrogen-bond acceptors (Lipinski definition) is 6. The molecule has 1 aromatic carbocycles. The minimum Gasteiger partial charge on any atom is -0.462 e. The number of nitrogens with zero attached hydrogens (tertiary/aromatic N) is 4. The minimum atomic E-state index is -0.534. The van der Waals surface area contributed by atoms with Crippen LogP contribution in [0.5, 0.6) is 0 Å². The van der Waals surface area contributed by atoms with Gasteiger partial charge in [0.2, 0.25) is 0 Å². The molecular weight excluding hydrogens is 348 g/mol. The van der Waals surface area contributed by atoms with Crippen LogP contribution in [0.1, 0.15) is 34.7 Å². The first kappa shape index (κ1) is 18.4. The van der Waals surface area contributed by atoms with Crippen molar-refractivity contribution >= 4 is 11.9 Å². The summed E-state index contributed by atoms with van der Waals surface area (Å²) < 4.78 is 13.2. The van der Waals surface area contributed by atoms with Crippen molar-refractivity contribution in [3.63, 3.8) is 0 Å². The molecule has 0 atom stereocenters. The van der Waals surface area contributed by atoms with Crippen molar-refractivity contribution in [2.45, 2.75) is 13.8 Å². The molecule has 0 radical (unpaired) electrons. The van der Waals surface area contributed by atoms with Gasteiger partial charge in [-0.05, 0) is 19.9 Å². The smallest absolute Gasteiger partial charge is 0.358 e. The normalized spacial score (nSPS) is 10.6. The monoisotopic (exact) mass is 368 g/mol. The molecular formula is C19H20N4O4. The van der Waals surface area contributed by atoms with Crippen LogP contribution in [0.15, 0.2) is 42.6 Å². The molecule has 0 spiro atoms. The standard InChI is InChI=1S/C19H20N4O4/c1-4-26-18(24)14-12-20-22(3)17(14)23-16(13-9-7-6-8-10-13)11-15(21-23)19(25)27-5-2/h6-12H,4-5H2,1-3H3. The second-order valence-corrected chi connectivity index (χ2v) is 5.64. The molecule has 0 saturated carbocycles. The Morgan fingerprint density at radius 1 is 1.04 bits per heavy atom. The third-order valence-corrected chi connectivity index (χ3v) is 3.87. The maximum Gasteiger partial charge on any atom is 0.358 e. The molecule has 0 aliphatic heterocycles. The number of ether oxygens (including phenoxy) is 2. The van der Waals surface area contributed by atoms with E-state index in [1.165, 1.54) is 15.6 Å². The molecule has 3 rings (SSSR count). The summed E-state index contributed by atoms with van der Waals surface area (Å²) in [6, 6.07) is 11.1. The molecule has 2 aromatic heterocycles. The average molecular weight is 368 g/mol. The van der Waals surface area contributed by atoms with Crippen LogP contribution in [0, 0.1) is 0 Å². The highest BCUT2D eigenvalue weighted by Crippen LogP contribution is 2.26. The molecule has 2 heterocycles. The van der Waals surface area contributed by atoms with E-state index in [2.05, 4.69) is 10.2 Å². The van der Waals surface area contributed by atoms with Crippen molar-refractivity contribution in [1.29, 1.82) is 0 Å². The van der Waals surface area contributed by atoms with E-state index in [9.17, 15) is 9.59 Å². The highest BCUT2D eigenvalue weighted by Gasteiger charge is 2.24. The van der Waals surface area contributed by atoms with Gasteiger partial charge in [-0.1, -0.05) is 30.3 Å². The van der Waals surface area contributed by atoms with E-state index in [0.717, 1.165) is 5.56 Å². The lowest BCUT2D eigenvalue weighted by molar-refractivity contribution is 0.0514. The Labute approximate surface area is 156 Å². The van der Waals surface area contributed by atoms with Gasteiger partial charge in [0.25, 0.3) is 0 Å². The lowest BCUT2D eigenvalue weighted by Gasteiger charge is -2.10. The van der Waals surface area contributed by atoms with E-state index in [4.69, 9.17) is 9.47 Å². The molecule has 0 unspecified atom stereocenters. The van der Waals surface area contributed by atoms with E-state index < -0.39 is 11.9 Å². The zero-order chi connectivity index (χ0) is 19.4. The van der Waals surface area contributed by atoms with E-state index in [1.54, 1.807) is 27.0 Å². The summed E-state index contributed by atoms with van der Waals surface area (Å²) >= 11 is 0. The molecule has 3 aromatic rings. The summed E-state index contributed by atoms with van der Waals surface area (Å²) in [6.07, 6.45) is 1.42. The van der Waals surface area contributed by atoms with E-state index >= 15 is 0 Å². The van der Waals surface area contributed by atoms with Crippen LogP contribution in [0.2, 0.25) is 0 Å². The quantitative estimate of drug-likeness (QED) is 0.622. The molecule has 0 amide bonds. The lowest BCUT2D eigenvalue weighted by atomic mass is 10.1. The fourth-order valence-corrected chi connectivity index (χ4v) is 2.70. The zero-order valence-electron chi connectivity index (χ0n) is 15.4. The fourth-order valence-electron chi connectivity index (χ4n) is 2.70. The topological polar surface area (TPSA) is 88.2 Å². The molecule has 27 heavy (non-hydrogen) atoms. The highest BCUT2D eigenvalue weighted by molar-refractivity contribution is 5.93. The number of carbonyl (C=O) groups is 2. The molecule has 0 bridgehead atoms. The van der Waals surface area contributed by atoms with Crippen LogP contribution < -0.4 is 0 Å². The predicted octanol–water partition coefficient (Wildman–Crippen LogP) is 2.63. The van der Waals surface area contributed by atoms with Crippen LogP contribution in [0.25, 0.3) is 17.1 Å². The Balaban J connectivity index is 2.19. The Morgan fingerprint density at radius 3 is 2.37 bits per heavy atom. The van der Waals surface area contributed by atoms with Crippen LogP contribution in [0.3, 0.4) is 0 Å². The molecule has 0 aliphatic rings. The number of esters is 2. The first-order chi connectivity index (χ1) is 13.1. The van der Waals surface area contributed by atoms with Crippen LogP contribution in [-0.4, -0.2) is 44.7 Å². The molecule has 140 valence electrons. The molecule has 8 heteroatoms. The Morgan fingerprint density at radius 2 is 1.70 bits per heavy atom. The highest BCUT2D eigenvalue weighted by atomic mass is 16.5. The third kappa shape index (κ3) is 3.59. The number of aromatic nitrogens is 4. The lowest BCUT2D eigenvalue weighted by Crippen LogP contribution is -2.14. The average Bonchev–Trinajstić information content (AvgIpc) is 3.26. The van der Waals surface area contributed by atoms with Gasteiger partial charge < -0.3 is 9.47 Å². The largest absolute Gasteiger partial charge is 0.462 e. The third-order valence-electron chi connectivity index (χ3n) is 3.87. The van der Waals surface area contributed by atoms with Crippen molar-refractivity contribution in [2.75, 3.05) is 13.2 Å². The molecule has 8 nitrogen and oxygen atoms in total. The van der Waals surface area contributed by atoms with Crippen LogP contribution in [0.4, 0.5) is 0 Å². The van der Waals surface area contributed by atoms with Gasteiger partial charge in [0.05, 0.1) is 25.1 Å². The summed E-state index contributed by atoms with van der Waals surface area (Å²) in [7, 11) is 1.69. The number of rotatable bonds is 6. The van der Waals surface area contributed by atoms with Gasteiger partial charge in [-0.25, -0.2) is 14.3 Å². The number of aryl methyl sites for hydroxylation is 1. The summed E-state index contributed by atoms with van der Waals surface area (Å²) in [5.41, 5.74) is 1.87. The van der Waals surface area contributed by atoms with Crippen molar-refractivity contribution in [3.8, 4) is 17.1 Å². The van der Waals surface area contributed by atoms with Crippen LogP contribution in [-0.2, 0) is 16.5 Å². The predicted molar refractivity (Wildman–Crippen MR) is 97.7 cm³/mol. The first-order valence-electron chi connectivity index (χ1n) is 8.58. The van der Waals surface area contributed by atoms with Gasteiger partial charge >= 0.3 is 11.9 Å². The Kier molecular flexibility index (Phi) is 5.35. The summed E-state index contributed by atoms with van der Waals surface area (Å²) in [4.78, 5) is 24.5. The second kappa shape index (κ2) is 7.86. The summed E-state index contributed by atoms with van der Waals surface area (Å²) in [6.45, 7) is 3.95. The van der Waals surface area contributed by atoms with Crippen molar-refractivity contribution in [2.24, 2.45) is 7.05 Å². The zero-order valence-corrected chi connectivity index (χ0v) is 15.4. The van der Waals surface area contributed by atoms with E-state index in [0.29, 0.717) is 11.5 Å². The van der Waals surface area contributed by atoms with Gasteiger partial charge in [0.1, 0.15) is 5.56 Å². The maximum atomic E-state index is 12.3. The van der Waals surface area contributed by atoms with Gasteiger partial charge in [0.15, 0.2) is 11.5 Å². The number of hydrogen-bond donors (Lipinski definition) is 0. The van der Waals surface area contributed by atoms with Gasteiger partial charge in [-0.2, -0.15) is 10.2 Å². The maximum absolute atomic E-state index is 12.3. The Hall–Kier alpha value is -3.42. The second-order valence-electron chi connectivity index (χ2n) is 5.64. The SMILES string of the molecule is CCOC(=O)c1cc(-c2ccccc2)n(-c2c(C(=O)OCC)cnn2C)n1. The van der Waals surface area contributed by atoms with Crippen molar-refractivity contribution in [3.05, 3.63) is 53.9 Å². The van der Waals surface area contributed by atoms with Crippen molar-refractivity contribution < 1.29 is 19.1 Å². The van der Waals surface area contributed by atoms with E-state index in [-0.39, 0.29) is 24.5 Å². The molecule has 0 saturated heterocycles. The van der Waals surface area contributed by atoms with Gasteiger partial charge in [0, 0.05) is 12.6 Å². The molecule has 0 fully saturated rings. The van der Waals surface area contributed by atoms with Gasteiger partial charge in [-0.3, -0.25) is 4.68 Å². The Bertz CT molecular complexity index is 960. The van der Waals surface area contributed by atoms with Gasteiger partial charge in [-0.15, -0.1) is 0 Å². The molecule has 0 aliphatic carbocycles. The van der Waals surface area contributed by atoms with E-state index in [1.807, 2.05) is 30.3 Å². The van der Waals surface area contributed by atoms with Crippen molar-refractivity contribution in [1.82, 2.24) is 19.6 Å². The summed E-state index contributed by atoms with van der Waals surface area (Å²) in [5, 5.41) is 8.55. The minimum absolute atomic E-state index is 0.145. The first-order valence-corrected chi connectivity index (χ1v) is 8.58. The number of benzene rings is 1. The number of carbonyl (C=O) groups excluding carboxylic acids is 2.